The predicted molar refractivity (Wildman–Crippen MR) is 76.5 cm³/mol. The second-order valence-corrected chi connectivity index (χ2v) is 5.46. The Kier molecular flexibility index (Phi) is 3.91. The first-order valence-corrected chi connectivity index (χ1v) is 7.33. The highest BCUT2D eigenvalue weighted by molar-refractivity contribution is 7.99. The summed E-state index contributed by atoms with van der Waals surface area (Å²) in [6.07, 6.45) is 8.53. The largest absolute Gasteiger partial charge is 0.368 e. The van der Waals surface area contributed by atoms with Crippen LogP contribution in [0.5, 0.6) is 0 Å². The molecule has 8 heteroatoms. The Balaban J connectivity index is 1.82. The van der Waals surface area contributed by atoms with Crippen LogP contribution < -0.4 is 10.6 Å². The van der Waals surface area contributed by atoms with Crippen molar-refractivity contribution >= 4 is 23.7 Å². The Hall–Kier alpha value is -1.96. The first-order chi connectivity index (χ1) is 9.81. The van der Waals surface area contributed by atoms with Gasteiger partial charge in [0, 0.05) is 25.5 Å². The summed E-state index contributed by atoms with van der Waals surface area (Å²) in [6, 6.07) is 0. The molecule has 0 bridgehead atoms. The summed E-state index contributed by atoms with van der Waals surface area (Å²) in [6.45, 7) is 1.94. The van der Waals surface area contributed by atoms with Crippen molar-refractivity contribution in [2.45, 2.75) is 29.4 Å². The molecule has 3 rings (SSSR count). The lowest BCUT2D eigenvalue weighted by Crippen LogP contribution is -2.31. The van der Waals surface area contributed by atoms with E-state index in [0.717, 1.165) is 31.0 Å². The molecule has 1 aliphatic rings. The van der Waals surface area contributed by atoms with Crippen LogP contribution in [0.4, 0.5) is 11.9 Å². The van der Waals surface area contributed by atoms with E-state index in [0.29, 0.717) is 11.1 Å². The third-order valence-electron chi connectivity index (χ3n) is 2.99. The zero-order chi connectivity index (χ0) is 13.8. The summed E-state index contributed by atoms with van der Waals surface area (Å²) in [5, 5.41) is 1.29. The zero-order valence-electron chi connectivity index (χ0n) is 10.9. The fourth-order valence-corrected chi connectivity index (χ4v) is 2.75. The molecule has 2 aromatic heterocycles. The smallest absolute Gasteiger partial charge is 0.231 e. The first kappa shape index (κ1) is 13.0. The Morgan fingerprint density at radius 1 is 1.05 bits per heavy atom. The van der Waals surface area contributed by atoms with E-state index < -0.39 is 0 Å². The molecule has 0 spiro atoms. The van der Waals surface area contributed by atoms with Crippen molar-refractivity contribution in [2.24, 2.45) is 0 Å². The lowest BCUT2D eigenvalue weighted by molar-refractivity contribution is 0.565. The number of rotatable bonds is 3. The van der Waals surface area contributed by atoms with Gasteiger partial charge in [-0.2, -0.15) is 15.0 Å². The third-order valence-corrected chi connectivity index (χ3v) is 3.78. The molecule has 104 valence electrons. The van der Waals surface area contributed by atoms with Gasteiger partial charge in [0.15, 0.2) is 0 Å². The summed E-state index contributed by atoms with van der Waals surface area (Å²) >= 11 is 1.34. The quantitative estimate of drug-likeness (QED) is 0.905. The minimum absolute atomic E-state index is 0.243. The Labute approximate surface area is 121 Å². The van der Waals surface area contributed by atoms with Crippen LogP contribution in [0.1, 0.15) is 19.3 Å². The summed E-state index contributed by atoms with van der Waals surface area (Å²) < 4.78 is 0. The molecule has 0 unspecified atom stereocenters. The molecule has 2 N–H and O–H groups in total. The van der Waals surface area contributed by atoms with Crippen molar-refractivity contribution in [3.8, 4) is 0 Å². The van der Waals surface area contributed by atoms with E-state index >= 15 is 0 Å². The fraction of sp³-hybridized carbons (Fsp3) is 0.417. The molecule has 0 atom stereocenters. The van der Waals surface area contributed by atoms with Crippen LogP contribution >= 0.6 is 11.8 Å². The second kappa shape index (κ2) is 6.00. The molecular formula is C12H15N7S. The first-order valence-electron chi connectivity index (χ1n) is 6.51. The van der Waals surface area contributed by atoms with Gasteiger partial charge in [0.25, 0.3) is 0 Å². The maximum atomic E-state index is 5.78. The summed E-state index contributed by atoms with van der Waals surface area (Å²) in [5.41, 5.74) is 5.78. The number of nitrogens with two attached hydrogens (primary N) is 1. The summed E-state index contributed by atoms with van der Waals surface area (Å²) in [7, 11) is 0. The second-order valence-electron chi connectivity index (χ2n) is 4.47. The Bertz CT molecular complexity index is 571. The molecule has 0 aromatic carbocycles. The van der Waals surface area contributed by atoms with E-state index in [2.05, 4.69) is 29.8 Å². The fourth-order valence-electron chi connectivity index (χ4n) is 2.07. The average molecular weight is 289 g/mol. The van der Waals surface area contributed by atoms with Crippen molar-refractivity contribution in [2.75, 3.05) is 23.7 Å². The minimum atomic E-state index is 0.243. The number of hydrogen-bond acceptors (Lipinski definition) is 8. The summed E-state index contributed by atoms with van der Waals surface area (Å²) in [5.74, 6) is 0.899. The van der Waals surface area contributed by atoms with Crippen LogP contribution in [-0.4, -0.2) is 38.0 Å². The highest BCUT2D eigenvalue weighted by Gasteiger charge is 2.16. The van der Waals surface area contributed by atoms with E-state index in [4.69, 9.17) is 5.73 Å². The number of aromatic nitrogens is 5. The van der Waals surface area contributed by atoms with Crippen molar-refractivity contribution in [3.63, 3.8) is 0 Å². The van der Waals surface area contributed by atoms with E-state index in [1.54, 1.807) is 18.6 Å². The highest BCUT2D eigenvalue weighted by Crippen LogP contribution is 2.24. The van der Waals surface area contributed by atoms with Gasteiger partial charge in [0.1, 0.15) is 5.03 Å². The van der Waals surface area contributed by atoms with Gasteiger partial charge in [-0.05, 0) is 31.0 Å². The minimum Gasteiger partial charge on any atom is -0.368 e. The van der Waals surface area contributed by atoms with Gasteiger partial charge >= 0.3 is 0 Å². The van der Waals surface area contributed by atoms with Crippen molar-refractivity contribution in [3.05, 3.63) is 18.6 Å². The number of nitrogens with zero attached hydrogens (tertiary/aromatic N) is 6. The number of nitrogen functional groups attached to an aromatic ring is 1. The van der Waals surface area contributed by atoms with E-state index in [-0.39, 0.29) is 5.95 Å². The molecule has 20 heavy (non-hydrogen) atoms. The maximum Gasteiger partial charge on any atom is 0.231 e. The molecule has 1 aliphatic heterocycles. The average Bonchev–Trinajstić information content (AvgIpc) is 2.49. The number of piperidine rings is 1. The van der Waals surface area contributed by atoms with Crippen LogP contribution in [0.15, 0.2) is 28.8 Å². The summed E-state index contributed by atoms with van der Waals surface area (Å²) in [4.78, 5) is 23.2. The van der Waals surface area contributed by atoms with Crippen LogP contribution in [0, 0.1) is 0 Å². The van der Waals surface area contributed by atoms with Gasteiger partial charge in [0.2, 0.25) is 17.1 Å². The van der Waals surface area contributed by atoms with Crippen LogP contribution in [0.25, 0.3) is 0 Å². The standard InChI is InChI=1S/C12H15N7S/c13-10-16-11(19-6-2-1-3-7-19)18-12(17-10)20-9-8-14-4-5-15-9/h4-5,8H,1-3,6-7H2,(H2,13,16,17,18). The van der Waals surface area contributed by atoms with Crippen molar-refractivity contribution < 1.29 is 0 Å². The van der Waals surface area contributed by atoms with E-state index in [9.17, 15) is 0 Å². The lowest BCUT2D eigenvalue weighted by Gasteiger charge is -2.26. The highest BCUT2D eigenvalue weighted by atomic mass is 32.2. The Morgan fingerprint density at radius 3 is 2.65 bits per heavy atom. The topological polar surface area (TPSA) is 93.7 Å². The molecule has 0 amide bonds. The molecule has 2 aromatic rings. The van der Waals surface area contributed by atoms with Gasteiger partial charge < -0.3 is 10.6 Å². The Morgan fingerprint density at radius 2 is 1.90 bits per heavy atom. The van der Waals surface area contributed by atoms with Crippen LogP contribution in [0.2, 0.25) is 0 Å². The van der Waals surface area contributed by atoms with Gasteiger partial charge in [0.05, 0.1) is 6.20 Å². The molecule has 7 nitrogen and oxygen atoms in total. The number of hydrogen-bond donors (Lipinski definition) is 1. The number of anilines is 2. The van der Waals surface area contributed by atoms with E-state index in [1.165, 1.54) is 18.2 Å². The van der Waals surface area contributed by atoms with Gasteiger partial charge in [-0.1, -0.05) is 0 Å². The predicted octanol–water partition coefficient (Wildman–Crippen LogP) is 1.39. The lowest BCUT2D eigenvalue weighted by atomic mass is 10.1. The van der Waals surface area contributed by atoms with Crippen molar-refractivity contribution in [1.29, 1.82) is 0 Å². The van der Waals surface area contributed by atoms with E-state index in [1.807, 2.05) is 0 Å². The van der Waals surface area contributed by atoms with Crippen LogP contribution in [0.3, 0.4) is 0 Å². The third kappa shape index (κ3) is 3.13. The molecular weight excluding hydrogens is 274 g/mol. The van der Waals surface area contributed by atoms with Gasteiger partial charge in [-0.25, -0.2) is 4.98 Å². The zero-order valence-corrected chi connectivity index (χ0v) is 11.8. The molecule has 0 aliphatic carbocycles. The van der Waals surface area contributed by atoms with Crippen molar-refractivity contribution in [1.82, 2.24) is 24.9 Å². The molecule has 0 radical (unpaired) electrons. The van der Waals surface area contributed by atoms with Gasteiger partial charge in [-0.3, -0.25) is 4.98 Å². The van der Waals surface area contributed by atoms with Crippen LogP contribution in [-0.2, 0) is 0 Å². The maximum absolute atomic E-state index is 5.78. The molecule has 3 heterocycles. The monoisotopic (exact) mass is 289 g/mol. The SMILES string of the molecule is Nc1nc(Sc2cnccn2)nc(N2CCCCC2)n1. The molecule has 0 saturated carbocycles. The molecule has 1 fully saturated rings. The normalized spacial score (nSPS) is 15.3. The van der Waals surface area contributed by atoms with Gasteiger partial charge in [-0.15, -0.1) is 0 Å². The molecule has 1 saturated heterocycles.